The second-order valence-electron chi connectivity index (χ2n) is 2.71. The van der Waals surface area contributed by atoms with Crippen LogP contribution in [-0.4, -0.2) is 25.2 Å². The van der Waals surface area contributed by atoms with Gasteiger partial charge in [0.1, 0.15) is 5.82 Å². The molecule has 1 heterocycles. The summed E-state index contributed by atoms with van der Waals surface area (Å²) in [5.41, 5.74) is 1.07. The van der Waals surface area contributed by atoms with E-state index in [0.717, 1.165) is 31.1 Å². The Morgan fingerprint density at radius 1 is 1.46 bits per heavy atom. The summed E-state index contributed by atoms with van der Waals surface area (Å²) in [5, 5.41) is 3.01. The minimum atomic E-state index is 0.747. The average molecular weight is 180 g/mol. The van der Waals surface area contributed by atoms with E-state index in [4.69, 9.17) is 4.74 Å². The summed E-state index contributed by atoms with van der Waals surface area (Å²) in [5.74, 6) is 0.911. The van der Waals surface area contributed by atoms with Crippen molar-refractivity contribution in [3.05, 3.63) is 23.9 Å². The van der Waals surface area contributed by atoms with Crippen LogP contribution in [0.4, 0.5) is 5.82 Å². The predicted octanol–water partition coefficient (Wildman–Crippen LogP) is 1.70. The van der Waals surface area contributed by atoms with Crippen molar-refractivity contribution in [2.24, 2.45) is 0 Å². The minimum Gasteiger partial charge on any atom is -0.381 e. The van der Waals surface area contributed by atoms with E-state index < -0.39 is 0 Å². The summed E-state index contributed by atoms with van der Waals surface area (Å²) in [4.78, 5) is 4.37. The van der Waals surface area contributed by atoms with Gasteiger partial charge in [-0.25, -0.2) is 4.98 Å². The summed E-state index contributed by atoms with van der Waals surface area (Å²) in [6.07, 6.45) is 0.878. The van der Waals surface area contributed by atoms with Crippen molar-refractivity contribution in [1.29, 1.82) is 0 Å². The van der Waals surface area contributed by atoms with Crippen molar-refractivity contribution in [3.8, 4) is 0 Å². The van der Waals surface area contributed by atoms with Gasteiger partial charge in [0.15, 0.2) is 0 Å². The molecule has 0 atom stereocenters. The second-order valence-corrected chi connectivity index (χ2v) is 2.71. The standard InChI is InChI=1S/C10H16N2O/c1-3-13-8-7-9-5-4-6-10(11-2)12-9/h4-6H,3,7-8H2,1-2H3,(H,11,12). The van der Waals surface area contributed by atoms with Gasteiger partial charge in [-0.15, -0.1) is 0 Å². The SMILES string of the molecule is CCOCCc1cccc(NC)n1. The van der Waals surface area contributed by atoms with Crippen LogP contribution in [0, 0.1) is 0 Å². The van der Waals surface area contributed by atoms with Crippen molar-refractivity contribution in [1.82, 2.24) is 4.98 Å². The molecule has 0 aliphatic rings. The molecule has 0 aliphatic carbocycles. The minimum absolute atomic E-state index is 0.747. The zero-order chi connectivity index (χ0) is 9.52. The van der Waals surface area contributed by atoms with E-state index in [9.17, 15) is 0 Å². The molecule has 3 heteroatoms. The normalized spacial score (nSPS) is 10.0. The topological polar surface area (TPSA) is 34.1 Å². The first-order chi connectivity index (χ1) is 6.36. The summed E-state index contributed by atoms with van der Waals surface area (Å²) in [6, 6.07) is 5.96. The van der Waals surface area contributed by atoms with E-state index in [1.54, 1.807) is 0 Å². The summed E-state index contributed by atoms with van der Waals surface area (Å²) < 4.78 is 5.25. The van der Waals surface area contributed by atoms with Crippen LogP contribution >= 0.6 is 0 Å². The molecule has 0 saturated heterocycles. The van der Waals surface area contributed by atoms with Gasteiger partial charge in [-0.3, -0.25) is 0 Å². The van der Waals surface area contributed by atoms with E-state index in [0.29, 0.717) is 0 Å². The zero-order valence-corrected chi connectivity index (χ0v) is 8.21. The molecule has 0 aliphatic heterocycles. The lowest BCUT2D eigenvalue weighted by Gasteiger charge is -2.03. The van der Waals surface area contributed by atoms with Crippen LogP contribution in [0.5, 0.6) is 0 Å². The molecule has 72 valence electrons. The van der Waals surface area contributed by atoms with Crippen LogP contribution in [-0.2, 0) is 11.2 Å². The Morgan fingerprint density at radius 3 is 3.00 bits per heavy atom. The Kier molecular flexibility index (Phi) is 4.26. The van der Waals surface area contributed by atoms with Crippen molar-refractivity contribution < 1.29 is 4.74 Å². The van der Waals surface area contributed by atoms with Gasteiger partial charge >= 0.3 is 0 Å². The fraction of sp³-hybridized carbons (Fsp3) is 0.500. The highest BCUT2D eigenvalue weighted by Gasteiger charge is 1.95. The number of hydrogen-bond donors (Lipinski definition) is 1. The summed E-state index contributed by atoms with van der Waals surface area (Å²) in [6.45, 7) is 3.51. The molecular weight excluding hydrogens is 164 g/mol. The number of ether oxygens (including phenoxy) is 1. The van der Waals surface area contributed by atoms with Crippen molar-refractivity contribution in [3.63, 3.8) is 0 Å². The molecule has 0 bridgehead atoms. The lowest BCUT2D eigenvalue weighted by Crippen LogP contribution is -2.01. The number of rotatable bonds is 5. The van der Waals surface area contributed by atoms with E-state index in [2.05, 4.69) is 10.3 Å². The van der Waals surface area contributed by atoms with Gasteiger partial charge in [0, 0.05) is 25.8 Å². The Balaban J connectivity index is 2.46. The number of hydrogen-bond acceptors (Lipinski definition) is 3. The smallest absolute Gasteiger partial charge is 0.125 e. The van der Waals surface area contributed by atoms with E-state index in [-0.39, 0.29) is 0 Å². The number of nitrogens with one attached hydrogen (secondary N) is 1. The van der Waals surface area contributed by atoms with Gasteiger partial charge in [0.05, 0.1) is 6.61 Å². The monoisotopic (exact) mass is 180 g/mol. The Hall–Kier alpha value is -1.09. The average Bonchev–Trinajstić information content (AvgIpc) is 2.19. The molecule has 1 rings (SSSR count). The molecular formula is C10H16N2O. The van der Waals surface area contributed by atoms with E-state index in [1.807, 2.05) is 32.2 Å². The van der Waals surface area contributed by atoms with Crippen molar-refractivity contribution in [2.45, 2.75) is 13.3 Å². The second kappa shape index (κ2) is 5.54. The first kappa shape index (κ1) is 9.99. The number of anilines is 1. The Morgan fingerprint density at radius 2 is 2.31 bits per heavy atom. The van der Waals surface area contributed by atoms with Crippen LogP contribution < -0.4 is 5.32 Å². The van der Waals surface area contributed by atoms with Crippen LogP contribution in [0.1, 0.15) is 12.6 Å². The molecule has 1 N–H and O–H groups in total. The fourth-order valence-electron chi connectivity index (χ4n) is 1.08. The molecule has 0 aromatic carbocycles. The summed E-state index contributed by atoms with van der Waals surface area (Å²) in [7, 11) is 1.87. The van der Waals surface area contributed by atoms with Gasteiger partial charge < -0.3 is 10.1 Å². The highest BCUT2D eigenvalue weighted by molar-refractivity contribution is 5.34. The molecule has 0 unspecified atom stereocenters. The predicted molar refractivity (Wildman–Crippen MR) is 54.0 cm³/mol. The Bertz CT molecular complexity index is 250. The third kappa shape index (κ3) is 3.42. The largest absolute Gasteiger partial charge is 0.381 e. The number of pyridine rings is 1. The van der Waals surface area contributed by atoms with Gasteiger partial charge in [-0.2, -0.15) is 0 Å². The van der Waals surface area contributed by atoms with Crippen molar-refractivity contribution >= 4 is 5.82 Å². The van der Waals surface area contributed by atoms with Crippen LogP contribution in [0.25, 0.3) is 0 Å². The van der Waals surface area contributed by atoms with Crippen LogP contribution in [0.3, 0.4) is 0 Å². The Labute approximate surface area is 79.1 Å². The fourth-order valence-corrected chi connectivity index (χ4v) is 1.08. The van der Waals surface area contributed by atoms with E-state index in [1.165, 1.54) is 0 Å². The van der Waals surface area contributed by atoms with Crippen LogP contribution in [0.15, 0.2) is 18.2 Å². The van der Waals surface area contributed by atoms with Crippen molar-refractivity contribution in [2.75, 3.05) is 25.6 Å². The lowest BCUT2D eigenvalue weighted by molar-refractivity contribution is 0.150. The quantitative estimate of drug-likeness (QED) is 0.700. The zero-order valence-electron chi connectivity index (χ0n) is 8.21. The molecule has 0 saturated carbocycles. The molecule has 1 aromatic rings. The van der Waals surface area contributed by atoms with Gasteiger partial charge in [0.2, 0.25) is 0 Å². The maximum Gasteiger partial charge on any atom is 0.125 e. The van der Waals surface area contributed by atoms with Gasteiger partial charge in [-0.1, -0.05) is 6.07 Å². The third-order valence-corrected chi connectivity index (χ3v) is 1.77. The molecule has 0 radical (unpaired) electrons. The highest BCUT2D eigenvalue weighted by Crippen LogP contribution is 2.04. The highest BCUT2D eigenvalue weighted by atomic mass is 16.5. The van der Waals surface area contributed by atoms with Gasteiger partial charge in [-0.05, 0) is 19.1 Å². The lowest BCUT2D eigenvalue weighted by atomic mass is 10.3. The van der Waals surface area contributed by atoms with Crippen LogP contribution in [0.2, 0.25) is 0 Å². The maximum atomic E-state index is 5.25. The third-order valence-electron chi connectivity index (χ3n) is 1.77. The maximum absolute atomic E-state index is 5.25. The molecule has 0 amide bonds. The van der Waals surface area contributed by atoms with Gasteiger partial charge in [0.25, 0.3) is 0 Å². The molecule has 13 heavy (non-hydrogen) atoms. The molecule has 1 aromatic heterocycles. The number of aromatic nitrogens is 1. The molecule has 0 fully saturated rings. The molecule has 0 spiro atoms. The molecule has 3 nitrogen and oxygen atoms in total. The first-order valence-corrected chi connectivity index (χ1v) is 4.58. The number of nitrogens with zero attached hydrogens (tertiary/aromatic N) is 1. The first-order valence-electron chi connectivity index (χ1n) is 4.58. The van der Waals surface area contributed by atoms with E-state index >= 15 is 0 Å². The summed E-state index contributed by atoms with van der Waals surface area (Å²) >= 11 is 0.